The fourth-order valence-electron chi connectivity index (χ4n) is 3.10. The van der Waals surface area contributed by atoms with Crippen molar-refractivity contribution in [1.82, 2.24) is 0 Å². The molecule has 0 bridgehead atoms. The van der Waals surface area contributed by atoms with Gasteiger partial charge in [0.1, 0.15) is 0 Å². The van der Waals surface area contributed by atoms with E-state index in [1.165, 1.54) is 16.7 Å². The molecule has 0 aliphatic heterocycles. The Balaban J connectivity index is 0.000000431. The minimum absolute atomic E-state index is 0.0672. The molecule has 6 heteroatoms. The second-order valence-electron chi connectivity index (χ2n) is 5.75. The van der Waals surface area contributed by atoms with E-state index >= 15 is 0 Å². The van der Waals surface area contributed by atoms with E-state index < -0.39 is 7.25 Å². The largest absolute Gasteiger partial charge is 0.673 e. The van der Waals surface area contributed by atoms with Crippen LogP contribution in [-0.2, 0) is 5.41 Å². The first-order valence-corrected chi connectivity index (χ1v) is 9.21. The van der Waals surface area contributed by atoms with Crippen LogP contribution in [0.15, 0.2) is 91.0 Å². The lowest BCUT2D eigenvalue weighted by molar-refractivity contribution is 0.368. The minimum atomic E-state index is -6.00. The second kappa shape index (κ2) is 9.00. The van der Waals surface area contributed by atoms with Crippen LogP contribution in [0.25, 0.3) is 0 Å². The summed E-state index contributed by atoms with van der Waals surface area (Å²) in [6.07, 6.45) is 1.06. The third-order valence-electron chi connectivity index (χ3n) is 4.17. The summed E-state index contributed by atoms with van der Waals surface area (Å²) in [7, 11) is -3.95. The summed E-state index contributed by atoms with van der Waals surface area (Å²) in [4.78, 5) is 0. The van der Waals surface area contributed by atoms with Crippen LogP contribution in [0.2, 0.25) is 0 Å². The van der Waals surface area contributed by atoms with Crippen LogP contribution in [-0.4, -0.2) is 13.4 Å². The molecule has 0 aromatic heterocycles. The lowest BCUT2D eigenvalue weighted by Crippen LogP contribution is -2.31. The van der Waals surface area contributed by atoms with Crippen molar-refractivity contribution in [2.45, 2.75) is 5.41 Å². The molecule has 26 heavy (non-hydrogen) atoms. The van der Waals surface area contributed by atoms with E-state index in [9.17, 15) is 17.3 Å². The molecule has 0 N–H and O–H groups in total. The maximum absolute atomic E-state index is 9.75. The lowest BCUT2D eigenvalue weighted by atomic mass is 9.71. The Bertz CT molecular complexity index is 675. The van der Waals surface area contributed by atoms with Crippen molar-refractivity contribution in [3.63, 3.8) is 0 Å². The van der Waals surface area contributed by atoms with Gasteiger partial charge in [-0.1, -0.05) is 91.0 Å². The van der Waals surface area contributed by atoms with Gasteiger partial charge in [-0.2, -0.15) is 0 Å². The molecule has 0 saturated heterocycles. The van der Waals surface area contributed by atoms with Gasteiger partial charge < -0.3 is 17.3 Å². The summed E-state index contributed by atoms with van der Waals surface area (Å²) in [6.45, 7) is 0. The third kappa shape index (κ3) is 5.19. The minimum Gasteiger partial charge on any atom is -0.418 e. The molecule has 0 fully saturated rings. The Kier molecular flexibility index (Phi) is 6.99. The number of rotatable bonds is 4. The molecule has 0 heterocycles. The molecule has 136 valence electrons. The van der Waals surface area contributed by atoms with Gasteiger partial charge in [-0.15, -0.1) is 0 Å². The van der Waals surface area contributed by atoms with E-state index in [-0.39, 0.29) is 5.41 Å². The molecule has 3 aromatic carbocycles. The van der Waals surface area contributed by atoms with Gasteiger partial charge in [-0.25, -0.2) is 0 Å². The average molecular weight is 378 g/mol. The normalized spacial score (nSPS) is 11.5. The van der Waals surface area contributed by atoms with Crippen molar-refractivity contribution in [1.29, 1.82) is 0 Å². The summed E-state index contributed by atoms with van der Waals surface area (Å²) in [6, 6.07) is 32.5. The summed E-state index contributed by atoms with van der Waals surface area (Å²) < 4.78 is 39.0. The molecule has 0 aliphatic carbocycles. The van der Waals surface area contributed by atoms with Gasteiger partial charge in [-0.05, 0) is 25.9 Å². The Hall–Kier alpha value is -2.13. The highest BCUT2D eigenvalue weighted by atomic mass is 31.0. The molecular formula is C20H20BF4P. The van der Waals surface area contributed by atoms with E-state index in [2.05, 4.69) is 91.0 Å². The maximum Gasteiger partial charge on any atom is 0.673 e. The molecule has 0 spiro atoms. The van der Waals surface area contributed by atoms with Crippen molar-refractivity contribution >= 4 is 16.5 Å². The van der Waals surface area contributed by atoms with Gasteiger partial charge in [0.15, 0.2) is 0 Å². The second-order valence-corrected chi connectivity index (χ2v) is 6.25. The highest BCUT2D eigenvalue weighted by molar-refractivity contribution is 7.16. The van der Waals surface area contributed by atoms with Gasteiger partial charge in [0, 0.05) is 0 Å². The highest BCUT2D eigenvalue weighted by Gasteiger charge is 2.36. The van der Waals surface area contributed by atoms with Crippen molar-refractivity contribution < 1.29 is 17.3 Å². The van der Waals surface area contributed by atoms with Crippen molar-refractivity contribution in [3.8, 4) is 0 Å². The highest BCUT2D eigenvalue weighted by Crippen LogP contribution is 2.40. The molecule has 0 amide bonds. The first-order chi connectivity index (χ1) is 12.4. The van der Waals surface area contributed by atoms with Crippen molar-refractivity contribution in [3.05, 3.63) is 108 Å². The number of benzene rings is 3. The first-order valence-electron chi connectivity index (χ1n) is 8.21. The average Bonchev–Trinajstić information content (AvgIpc) is 2.64. The number of halogens is 4. The third-order valence-corrected chi connectivity index (χ3v) is 4.92. The smallest absolute Gasteiger partial charge is 0.418 e. The standard InChI is InChI=1S/C20H19P.BF4/c21-16-20(17-10-4-1-5-11-17,18-12-6-2-7-13-18)19-14-8-3-9-15-19;2-1(3,4)5/h1-15H,16,21H2;/q;-1/p+1. The molecule has 0 nitrogen and oxygen atoms in total. The van der Waals surface area contributed by atoms with Crippen LogP contribution >= 0.6 is 9.24 Å². The van der Waals surface area contributed by atoms with E-state index in [4.69, 9.17) is 0 Å². The zero-order chi connectivity index (χ0) is 19.0. The quantitative estimate of drug-likeness (QED) is 0.229. The van der Waals surface area contributed by atoms with Gasteiger partial charge >= 0.3 is 7.25 Å². The van der Waals surface area contributed by atoms with E-state index in [0.717, 1.165) is 6.16 Å². The molecule has 1 unspecified atom stereocenters. The SMILES string of the molecule is F[B-](F)(F)F.[PH3+]CC(c1ccccc1)(c1ccccc1)c1ccccc1. The van der Waals surface area contributed by atoms with Gasteiger partial charge in [0.2, 0.25) is 0 Å². The van der Waals surface area contributed by atoms with Gasteiger partial charge in [-0.3, -0.25) is 0 Å². The van der Waals surface area contributed by atoms with Crippen LogP contribution in [0.1, 0.15) is 16.7 Å². The first kappa shape index (κ1) is 20.2. The molecule has 1 atom stereocenters. The Labute approximate surface area is 153 Å². The summed E-state index contributed by atoms with van der Waals surface area (Å²) >= 11 is 0. The lowest BCUT2D eigenvalue weighted by Gasteiger charge is -2.32. The van der Waals surface area contributed by atoms with Crippen LogP contribution in [0.5, 0.6) is 0 Å². The summed E-state index contributed by atoms with van der Waals surface area (Å²) in [5, 5.41) is 0. The Morgan fingerprint density at radius 3 is 1.00 bits per heavy atom. The molecule has 3 rings (SSSR count). The predicted molar refractivity (Wildman–Crippen MR) is 105 cm³/mol. The Morgan fingerprint density at radius 1 is 0.577 bits per heavy atom. The van der Waals surface area contributed by atoms with Gasteiger partial charge in [0.05, 0.1) is 11.6 Å². The molecule has 3 aromatic rings. The van der Waals surface area contributed by atoms with E-state index in [1.807, 2.05) is 9.24 Å². The molecule has 0 radical (unpaired) electrons. The van der Waals surface area contributed by atoms with Gasteiger partial charge in [0.25, 0.3) is 0 Å². The molecular weight excluding hydrogens is 358 g/mol. The fourth-order valence-corrected chi connectivity index (χ4v) is 3.97. The van der Waals surface area contributed by atoms with Crippen LogP contribution in [0.4, 0.5) is 17.3 Å². The molecule has 0 saturated carbocycles. The maximum atomic E-state index is 9.75. The van der Waals surface area contributed by atoms with Crippen LogP contribution in [0, 0.1) is 0 Å². The monoisotopic (exact) mass is 378 g/mol. The zero-order valence-electron chi connectivity index (χ0n) is 14.2. The van der Waals surface area contributed by atoms with E-state index in [1.54, 1.807) is 0 Å². The molecule has 0 aliphatic rings. The number of hydrogen-bond donors (Lipinski definition) is 0. The van der Waals surface area contributed by atoms with Crippen LogP contribution in [0.3, 0.4) is 0 Å². The Morgan fingerprint density at radius 2 is 0.808 bits per heavy atom. The summed E-state index contributed by atoms with van der Waals surface area (Å²) in [5.74, 6) is 0. The fraction of sp³-hybridized carbons (Fsp3) is 0.100. The summed E-state index contributed by atoms with van der Waals surface area (Å²) in [5.41, 5.74) is 4.01. The topological polar surface area (TPSA) is 0 Å². The zero-order valence-corrected chi connectivity index (χ0v) is 15.6. The predicted octanol–water partition coefficient (Wildman–Crippen LogP) is 5.93. The van der Waals surface area contributed by atoms with Crippen molar-refractivity contribution in [2.24, 2.45) is 0 Å². The van der Waals surface area contributed by atoms with E-state index in [0.29, 0.717) is 0 Å². The number of hydrogen-bond acceptors (Lipinski definition) is 0. The van der Waals surface area contributed by atoms with Crippen LogP contribution < -0.4 is 0 Å². The van der Waals surface area contributed by atoms with Crippen molar-refractivity contribution in [2.75, 3.05) is 6.16 Å².